The molecule has 1 aliphatic carbocycles. The Kier molecular flexibility index (Phi) is 4.23. The fraction of sp³-hybridized carbons (Fsp3) is 0.923. The molecular weight excluding hydrogens is 230 g/mol. The van der Waals surface area contributed by atoms with Crippen LogP contribution in [0.1, 0.15) is 40.0 Å². The average Bonchev–Trinajstić information content (AvgIpc) is 2.69. The third-order valence-electron chi connectivity index (χ3n) is 3.65. The van der Waals surface area contributed by atoms with Gasteiger partial charge in [0.15, 0.2) is 5.96 Å². The summed E-state index contributed by atoms with van der Waals surface area (Å²) >= 11 is 2.07. The number of aliphatic imine (C=N–C) groups is 1. The Labute approximate surface area is 109 Å². The largest absolute Gasteiger partial charge is 0.357 e. The highest BCUT2D eigenvalue weighted by molar-refractivity contribution is 8.00. The second kappa shape index (κ2) is 5.51. The Morgan fingerprint density at radius 1 is 1.47 bits per heavy atom. The molecule has 0 aromatic heterocycles. The number of hydrogen-bond acceptors (Lipinski definition) is 2. The van der Waals surface area contributed by atoms with Crippen molar-refractivity contribution in [1.82, 2.24) is 10.6 Å². The minimum Gasteiger partial charge on any atom is -0.357 e. The van der Waals surface area contributed by atoms with Gasteiger partial charge in [0, 0.05) is 17.8 Å². The quantitative estimate of drug-likeness (QED) is 0.597. The highest BCUT2D eigenvalue weighted by atomic mass is 32.2. The van der Waals surface area contributed by atoms with Crippen molar-refractivity contribution in [3.63, 3.8) is 0 Å². The van der Waals surface area contributed by atoms with E-state index in [1.807, 2.05) is 0 Å². The van der Waals surface area contributed by atoms with Crippen LogP contribution in [0.4, 0.5) is 0 Å². The van der Waals surface area contributed by atoms with Crippen LogP contribution < -0.4 is 10.6 Å². The van der Waals surface area contributed by atoms with Crippen molar-refractivity contribution in [3.8, 4) is 0 Å². The third-order valence-corrected chi connectivity index (χ3v) is 5.03. The molecule has 0 aromatic rings. The van der Waals surface area contributed by atoms with E-state index in [1.54, 1.807) is 0 Å². The molecule has 2 N–H and O–H groups in total. The van der Waals surface area contributed by atoms with Crippen molar-refractivity contribution in [2.24, 2.45) is 10.4 Å². The fourth-order valence-corrected chi connectivity index (χ4v) is 3.36. The minimum atomic E-state index is 0.457. The molecule has 1 saturated heterocycles. The van der Waals surface area contributed by atoms with Gasteiger partial charge in [0.1, 0.15) is 0 Å². The Bertz CT molecular complexity index is 282. The first-order valence-corrected chi connectivity index (χ1v) is 7.83. The van der Waals surface area contributed by atoms with Gasteiger partial charge in [-0.2, -0.15) is 11.8 Å². The molecule has 1 heterocycles. The van der Waals surface area contributed by atoms with E-state index in [2.05, 4.69) is 43.2 Å². The standard InChI is InChI=1S/C13H25N3S/c1-4-14-12(16-11-8-13(11,2)3)15-9-10-6-5-7-17-10/h10-11H,4-9H2,1-3H3,(H2,14,15,16). The molecule has 3 nitrogen and oxygen atoms in total. The smallest absolute Gasteiger partial charge is 0.191 e. The Hall–Kier alpha value is -0.380. The monoisotopic (exact) mass is 255 g/mol. The average molecular weight is 255 g/mol. The molecular formula is C13H25N3S. The van der Waals surface area contributed by atoms with E-state index >= 15 is 0 Å². The maximum absolute atomic E-state index is 4.71. The Morgan fingerprint density at radius 3 is 2.76 bits per heavy atom. The molecule has 17 heavy (non-hydrogen) atoms. The highest BCUT2D eigenvalue weighted by Gasteiger charge is 2.46. The van der Waals surface area contributed by atoms with E-state index < -0.39 is 0 Å². The van der Waals surface area contributed by atoms with Crippen LogP contribution in [-0.2, 0) is 0 Å². The van der Waals surface area contributed by atoms with Gasteiger partial charge in [-0.25, -0.2) is 0 Å². The van der Waals surface area contributed by atoms with Gasteiger partial charge in [-0.3, -0.25) is 4.99 Å². The van der Waals surface area contributed by atoms with E-state index in [4.69, 9.17) is 4.99 Å². The van der Waals surface area contributed by atoms with Crippen molar-refractivity contribution >= 4 is 17.7 Å². The van der Waals surface area contributed by atoms with Crippen molar-refractivity contribution in [1.29, 1.82) is 0 Å². The molecule has 1 saturated carbocycles. The fourth-order valence-electron chi connectivity index (χ4n) is 2.18. The minimum absolute atomic E-state index is 0.457. The first kappa shape index (κ1) is 13.1. The molecule has 98 valence electrons. The van der Waals surface area contributed by atoms with Crippen LogP contribution in [0.5, 0.6) is 0 Å². The highest BCUT2D eigenvalue weighted by Crippen LogP contribution is 2.44. The van der Waals surface area contributed by atoms with Crippen molar-refractivity contribution in [2.75, 3.05) is 18.8 Å². The summed E-state index contributed by atoms with van der Waals surface area (Å²) in [4.78, 5) is 4.71. The summed E-state index contributed by atoms with van der Waals surface area (Å²) in [5.74, 6) is 2.33. The van der Waals surface area contributed by atoms with E-state index in [0.717, 1.165) is 24.3 Å². The maximum Gasteiger partial charge on any atom is 0.191 e. The zero-order valence-electron chi connectivity index (χ0n) is 11.3. The molecule has 2 fully saturated rings. The number of rotatable bonds is 4. The van der Waals surface area contributed by atoms with Gasteiger partial charge in [0.25, 0.3) is 0 Å². The van der Waals surface area contributed by atoms with Crippen LogP contribution in [0.15, 0.2) is 4.99 Å². The molecule has 2 atom stereocenters. The lowest BCUT2D eigenvalue weighted by Gasteiger charge is -2.13. The van der Waals surface area contributed by atoms with E-state index in [0.29, 0.717) is 11.5 Å². The SMILES string of the molecule is CCNC(=NCC1CCCS1)NC1CC1(C)C. The molecule has 4 heteroatoms. The summed E-state index contributed by atoms with van der Waals surface area (Å²) in [7, 11) is 0. The van der Waals surface area contributed by atoms with Gasteiger partial charge in [-0.15, -0.1) is 0 Å². The lowest BCUT2D eigenvalue weighted by Crippen LogP contribution is -2.40. The van der Waals surface area contributed by atoms with Gasteiger partial charge in [-0.05, 0) is 37.4 Å². The molecule has 2 unspecified atom stereocenters. The van der Waals surface area contributed by atoms with Gasteiger partial charge in [0.2, 0.25) is 0 Å². The number of hydrogen-bond donors (Lipinski definition) is 2. The molecule has 1 aliphatic heterocycles. The zero-order chi connectivity index (χ0) is 12.3. The number of nitrogens with zero attached hydrogens (tertiary/aromatic N) is 1. The summed E-state index contributed by atoms with van der Waals surface area (Å²) < 4.78 is 0. The van der Waals surface area contributed by atoms with E-state index in [9.17, 15) is 0 Å². The molecule has 0 aromatic carbocycles. The lowest BCUT2D eigenvalue weighted by molar-refractivity contribution is 0.589. The van der Waals surface area contributed by atoms with E-state index in [1.165, 1.54) is 25.0 Å². The van der Waals surface area contributed by atoms with Crippen molar-refractivity contribution in [3.05, 3.63) is 0 Å². The first-order chi connectivity index (χ1) is 8.12. The molecule has 0 amide bonds. The van der Waals surface area contributed by atoms with Crippen LogP contribution in [-0.4, -0.2) is 36.1 Å². The molecule has 0 bridgehead atoms. The maximum atomic E-state index is 4.71. The first-order valence-electron chi connectivity index (χ1n) is 6.78. The summed E-state index contributed by atoms with van der Waals surface area (Å²) in [6.45, 7) is 8.64. The van der Waals surface area contributed by atoms with E-state index in [-0.39, 0.29) is 0 Å². The number of nitrogens with one attached hydrogen (secondary N) is 2. The second-order valence-corrected chi connectivity index (χ2v) is 7.15. The van der Waals surface area contributed by atoms with Crippen LogP contribution in [0.3, 0.4) is 0 Å². The van der Waals surface area contributed by atoms with Crippen LogP contribution in [0.2, 0.25) is 0 Å². The molecule has 2 rings (SSSR count). The Balaban J connectivity index is 1.80. The van der Waals surface area contributed by atoms with Crippen molar-refractivity contribution in [2.45, 2.75) is 51.3 Å². The van der Waals surface area contributed by atoms with Crippen LogP contribution >= 0.6 is 11.8 Å². The summed E-state index contributed by atoms with van der Waals surface area (Å²) in [5.41, 5.74) is 0.457. The normalized spacial score (nSPS) is 31.4. The number of guanidine groups is 1. The zero-order valence-corrected chi connectivity index (χ0v) is 12.1. The Morgan fingerprint density at radius 2 is 2.24 bits per heavy atom. The molecule has 0 radical (unpaired) electrons. The molecule has 0 spiro atoms. The third kappa shape index (κ3) is 3.80. The van der Waals surface area contributed by atoms with Gasteiger partial charge in [-0.1, -0.05) is 13.8 Å². The second-order valence-electron chi connectivity index (χ2n) is 5.74. The number of thioether (sulfide) groups is 1. The van der Waals surface area contributed by atoms with Gasteiger partial charge >= 0.3 is 0 Å². The summed E-state index contributed by atoms with van der Waals surface area (Å²) in [6.07, 6.45) is 3.96. The van der Waals surface area contributed by atoms with Crippen LogP contribution in [0, 0.1) is 5.41 Å². The topological polar surface area (TPSA) is 36.4 Å². The summed E-state index contributed by atoms with van der Waals surface area (Å²) in [6, 6.07) is 0.608. The van der Waals surface area contributed by atoms with Crippen molar-refractivity contribution < 1.29 is 0 Å². The predicted molar refractivity (Wildman–Crippen MR) is 76.8 cm³/mol. The van der Waals surface area contributed by atoms with Gasteiger partial charge in [0.05, 0.1) is 6.54 Å². The lowest BCUT2D eigenvalue weighted by atomic mass is 10.2. The predicted octanol–water partition coefficient (Wildman–Crippen LogP) is 2.24. The molecule has 2 aliphatic rings. The van der Waals surface area contributed by atoms with Gasteiger partial charge < -0.3 is 10.6 Å². The van der Waals surface area contributed by atoms with Crippen LogP contribution in [0.25, 0.3) is 0 Å². The summed E-state index contributed by atoms with van der Waals surface area (Å²) in [5, 5.41) is 7.63.